The second-order valence-electron chi connectivity index (χ2n) is 9.02. The van der Waals surface area contributed by atoms with E-state index in [-0.39, 0.29) is 70.5 Å². The Balaban J connectivity index is 1.27. The van der Waals surface area contributed by atoms with Gasteiger partial charge >= 0.3 is 0 Å². The molecule has 0 spiro atoms. The van der Waals surface area contributed by atoms with Crippen LogP contribution in [0.5, 0.6) is 11.5 Å². The van der Waals surface area contributed by atoms with Gasteiger partial charge in [0.2, 0.25) is 0 Å². The second-order valence-corrected chi connectivity index (χ2v) is 12.4. The highest BCUT2D eigenvalue weighted by molar-refractivity contribution is 7.93. The highest BCUT2D eigenvalue weighted by Crippen LogP contribution is 2.29. The molecule has 0 bridgehead atoms. The van der Waals surface area contributed by atoms with Gasteiger partial charge in [-0.05, 0) is 36.4 Å². The largest absolute Gasteiger partial charge is 0.489 e. The van der Waals surface area contributed by atoms with E-state index in [1.807, 2.05) is 0 Å². The van der Waals surface area contributed by atoms with Gasteiger partial charge < -0.3 is 14.2 Å². The van der Waals surface area contributed by atoms with E-state index >= 15 is 0 Å². The Morgan fingerprint density at radius 3 is 1.36 bits per heavy atom. The summed E-state index contributed by atoms with van der Waals surface area (Å²) in [6.45, 7) is 0.261. The van der Waals surface area contributed by atoms with Gasteiger partial charge in [0.15, 0.2) is 0 Å². The van der Waals surface area contributed by atoms with E-state index in [1.165, 1.54) is 48.5 Å². The van der Waals surface area contributed by atoms with E-state index in [0.717, 1.165) is 12.1 Å². The molecule has 4 aromatic rings. The Kier molecular flexibility index (Phi) is 10.5. The van der Waals surface area contributed by atoms with Gasteiger partial charge in [-0.15, -0.1) is 0 Å². The van der Waals surface area contributed by atoms with E-state index in [4.69, 9.17) is 14.2 Å². The van der Waals surface area contributed by atoms with Crippen LogP contribution in [-0.4, -0.2) is 53.1 Å². The number of anilines is 2. The first-order chi connectivity index (χ1) is 21.5. The Bertz CT molecular complexity index is 1760. The number of benzene rings is 4. The Hall–Kier alpha value is -5.26. The number of hydrogen-bond acceptors (Lipinski definition) is 11. The van der Waals surface area contributed by atoms with Crippen molar-refractivity contribution in [2.24, 2.45) is 0 Å². The monoisotopic (exact) mass is 658 g/mol. The minimum Gasteiger partial charge on any atom is -0.489 e. The van der Waals surface area contributed by atoms with Crippen molar-refractivity contribution in [2.45, 2.75) is 9.79 Å². The maximum absolute atomic E-state index is 12.8. The van der Waals surface area contributed by atoms with Crippen LogP contribution in [0, 0.1) is 20.2 Å². The molecule has 0 aromatic heterocycles. The van der Waals surface area contributed by atoms with Crippen molar-refractivity contribution >= 4 is 42.8 Å². The number of hydrogen-bond donors (Lipinski definition) is 2. The first kappa shape index (κ1) is 32.6. The molecule has 45 heavy (non-hydrogen) atoms. The fraction of sp³-hybridized carbons (Fsp3) is 0.143. The Morgan fingerprint density at radius 1 is 0.556 bits per heavy atom. The molecule has 4 aromatic carbocycles. The number of nitrogens with zero attached hydrogens (tertiary/aromatic N) is 2. The van der Waals surface area contributed by atoms with Crippen LogP contribution in [0.25, 0.3) is 0 Å². The van der Waals surface area contributed by atoms with Crippen LogP contribution in [0.4, 0.5) is 22.7 Å². The smallest absolute Gasteiger partial charge is 0.270 e. The predicted octanol–water partition coefficient (Wildman–Crippen LogP) is 4.58. The van der Waals surface area contributed by atoms with Crippen LogP contribution in [0.3, 0.4) is 0 Å². The van der Waals surface area contributed by atoms with Crippen LogP contribution in [0.1, 0.15) is 0 Å². The summed E-state index contributed by atoms with van der Waals surface area (Å²) in [5.74, 6) is 0.410. The summed E-state index contributed by atoms with van der Waals surface area (Å²) < 4.78 is 72.8. The number of rotatable bonds is 16. The molecule has 236 valence electrons. The zero-order valence-electron chi connectivity index (χ0n) is 23.3. The molecule has 0 atom stereocenters. The van der Waals surface area contributed by atoms with E-state index in [1.54, 1.807) is 36.4 Å². The lowest BCUT2D eigenvalue weighted by Crippen LogP contribution is -2.16. The van der Waals surface area contributed by atoms with Crippen molar-refractivity contribution in [1.82, 2.24) is 0 Å². The molecule has 0 saturated heterocycles. The summed E-state index contributed by atoms with van der Waals surface area (Å²) in [6, 6.07) is 21.8. The predicted molar refractivity (Wildman–Crippen MR) is 163 cm³/mol. The average molecular weight is 659 g/mol. The lowest BCUT2D eigenvalue weighted by Gasteiger charge is -2.15. The molecule has 0 radical (unpaired) electrons. The van der Waals surface area contributed by atoms with Crippen molar-refractivity contribution in [2.75, 3.05) is 35.9 Å². The van der Waals surface area contributed by atoms with E-state index in [9.17, 15) is 37.1 Å². The third-order valence-corrected chi connectivity index (χ3v) is 8.64. The quantitative estimate of drug-likeness (QED) is 0.0968. The van der Waals surface area contributed by atoms with Crippen LogP contribution in [0.15, 0.2) is 107 Å². The topological polar surface area (TPSA) is 206 Å². The summed E-state index contributed by atoms with van der Waals surface area (Å²) in [4.78, 5) is 20.1. The third-order valence-electron chi connectivity index (χ3n) is 5.91. The van der Waals surface area contributed by atoms with Gasteiger partial charge in [0.05, 0.1) is 44.2 Å². The molecule has 0 heterocycles. The number of ether oxygens (including phenoxy) is 3. The molecule has 0 fully saturated rings. The van der Waals surface area contributed by atoms with Gasteiger partial charge in [0.25, 0.3) is 31.4 Å². The highest BCUT2D eigenvalue weighted by atomic mass is 32.2. The Morgan fingerprint density at radius 2 is 0.956 bits per heavy atom. The number of nitro benzene ring substituents is 2. The van der Waals surface area contributed by atoms with Crippen molar-refractivity contribution < 1.29 is 40.9 Å². The first-order valence-corrected chi connectivity index (χ1v) is 16.0. The molecule has 17 heteroatoms. The van der Waals surface area contributed by atoms with Gasteiger partial charge in [-0.25, -0.2) is 16.8 Å². The van der Waals surface area contributed by atoms with Gasteiger partial charge in [-0.3, -0.25) is 29.7 Å². The summed E-state index contributed by atoms with van der Waals surface area (Å²) in [5, 5.41) is 22.1. The number of non-ortho nitro benzene ring substituents is 2. The zero-order chi connectivity index (χ0) is 32.5. The van der Waals surface area contributed by atoms with Gasteiger partial charge in [0.1, 0.15) is 24.7 Å². The normalized spacial score (nSPS) is 11.4. The third kappa shape index (κ3) is 8.88. The van der Waals surface area contributed by atoms with Crippen LogP contribution in [0.2, 0.25) is 0 Å². The molecular weight excluding hydrogens is 632 g/mol. The number of sulfonamides is 2. The van der Waals surface area contributed by atoms with E-state index < -0.39 is 29.9 Å². The van der Waals surface area contributed by atoms with Gasteiger partial charge in [-0.1, -0.05) is 36.4 Å². The molecule has 0 saturated carbocycles. The fourth-order valence-electron chi connectivity index (χ4n) is 3.81. The summed E-state index contributed by atoms with van der Waals surface area (Å²) in [5.41, 5.74) is -0.490. The van der Waals surface area contributed by atoms with Crippen molar-refractivity contribution in [1.29, 1.82) is 0 Å². The number of nitrogens with one attached hydrogen (secondary N) is 2. The van der Waals surface area contributed by atoms with E-state index in [2.05, 4.69) is 9.44 Å². The van der Waals surface area contributed by atoms with Crippen LogP contribution >= 0.6 is 0 Å². The fourth-order valence-corrected chi connectivity index (χ4v) is 6.03. The Labute approximate surface area is 257 Å². The van der Waals surface area contributed by atoms with Gasteiger partial charge in [0, 0.05) is 24.3 Å². The molecular formula is C28H26N4O11S2. The lowest BCUT2D eigenvalue weighted by atomic mass is 10.3. The van der Waals surface area contributed by atoms with E-state index in [0.29, 0.717) is 0 Å². The minimum atomic E-state index is -4.15. The van der Waals surface area contributed by atoms with Crippen molar-refractivity contribution in [3.8, 4) is 11.5 Å². The first-order valence-electron chi connectivity index (χ1n) is 13.0. The lowest BCUT2D eigenvalue weighted by molar-refractivity contribution is -0.385. The molecule has 0 aliphatic heterocycles. The summed E-state index contributed by atoms with van der Waals surface area (Å²) in [7, 11) is -8.30. The molecule has 0 unspecified atom stereocenters. The standard InChI is InChI=1S/C28H26N4O11S2/c33-31(34)21-7-5-9-23(19-21)44(37,38)29-25-11-1-3-13-27(25)42-17-15-41-16-18-43-28-14-4-2-12-26(28)30-45(39,40)24-10-6-8-22(20-24)32(35)36/h1-14,19-20,29-30H,15-18H2. The maximum Gasteiger partial charge on any atom is 0.270 e. The summed E-state index contributed by atoms with van der Waals surface area (Å²) >= 11 is 0. The maximum atomic E-state index is 12.8. The van der Waals surface area contributed by atoms with Crippen LogP contribution in [-0.2, 0) is 24.8 Å². The molecule has 0 aliphatic rings. The molecule has 0 amide bonds. The van der Waals surface area contributed by atoms with Gasteiger partial charge in [-0.2, -0.15) is 0 Å². The van der Waals surface area contributed by atoms with Crippen molar-refractivity contribution in [3.63, 3.8) is 0 Å². The highest BCUT2D eigenvalue weighted by Gasteiger charge is 2.21. The second kappa shape index (κ2) is 14.5. The summed E-state index contributed by atoms with van der Waals surface area (Å²) in [6.07, 6.45) is 0. The molecule has 0 aliphatic carbocycles. The molecule has 15 nitrogen and oxygen atoms in total. The SMILES string of the molecule is O=[N+]([O-])c1cccc(S(=O)(=O)Nc2ccccc2OCCOCCOc2ccccc2NS(=O)(=O)c2cccc([N+](=O)[O-])c2)c1. The molecule has 4 rings (SSSR count). The number of nitro groups is 2. The van der Waals surface area contributed by atoms with Crippen molar-refractivity contribution in [3.05, 3.63) is 117 Å². The van der Waals surface area contributed by atoms with Crippen LogP contribution < -0.4 is 18.9 Å². The zero-order valence-corrected chi connectivity index (χ0v) is 24.9. The average Bonchev–Trinajstić information content (AvgIpc) is 3.02. The number of para-hydroxylation sites is 4. The molecule has 2 N–H and O–H groups in total. The minimum absolute atomic E-state index is 0.0369.